The second kappa shape index (κ2) is 10.9. The van der Waals surface area contributed by atoms with Gasteiger partial charge in [0.25, 0.3) is 0 Å². The Balaban J connectivity index is 1.38. The molecule has 4 aromatic rings. The highest BCUT2D eigenvalue weighted by Crippen LogP contribution is 2.21. The van der Waals surface area contributed by atoms with E-state index in [9.17, 15) is 0 Å². The molecule has 4 aromatic heterocycles. The van der Waals surface area contributed by atoms with E-state index < -0.39 is 0 Å². The molecule has 0 amide bonds. The molecule has 32 heavy (non-hydrogen) atoms. The summed E-state index contributed by atoms with van der Waals surface area (Å²) in [6.45, 7) is 1.50. The summed E-state index contributed by atoms with van der Waals surface area (Å²) in [5, 5.41) is 6.49. The van der Waals surface area contributed by atoms with E-state index in [1.54, 1.807) is 12.4 Å². The summed E-state index contributed by atoms with van der Waals surface area (Å²) in [5.74, 6) is 3.50. The molecule has 0 spiro atoms. The molecule has 2 N–H and O–H groups in total. The normalized spacial score (nSPS) is 10.5. The molecule has 0 radical (unpaired) electrons. The van der Waals surface area contributed by atoms with Crippen molar-refractivity contribution in [3.63, 3.8) is 0 Å². The fraction of sp³-hybridized carbons (Fsp3) is 0.200. The van der Waals surface area contributed by atoms with E-state index in [-0.39, 0.29) is 0 Å². The van der Waals surface area contributed by atoms with E-state index >= 15 is 0 Å². The average molecular weight is 426 g/mol. The first-order chi connectivity index (χ1) is 15.8. The molecule has 4 rings (SSSR count). The van der Waals surface area contributed by atoms with Crippen LogP contribution in [0.2, 0.25) is 0 Å². The second-order valence-electron chi connectivity index (χ2n) is 7.23. The van der Waals surface area contributed by atoms with Gasteiger partial charge in [-0.15, -0.1) is 0 Å². The van der Waals surface area contributed by atoms with E-state index in [4.69, 9.17) is 4.98 Å². The SMILES string of the molecule is CNc1cccc(CCNc2cccc(CCN(c3ccccn3)c3ccccn3)n2)n1. The number of nitrogens with zero attached hydrogens (tertiary/aromatic N) is 5. The van der Waals surface area contributed by atoms with E-state index in [1.165, 1.54) is 0 Å². The lowest BCUT2D eigenvalue weighted by Crippen LogP contribution is -2.22. The molecule has 0 fully saturated rings. The first-order valence-electron chi connectivity index (χ1n) is 10.7. The summed E-state index contributed by atoms with van der Waals surface area (Å²) in [4.78, 5) is 20.5. The topological polar surface area (TPSA) is 78.9 Å². The van der Waals surface area contributed by atoms with Gasteiger partial charge in [-0.05, 0) is 48.5 Å². The predicted octanol–water partition coefficient (Wildman–Crippen LogP) is 4.34. The van der Waals surface area contributed by atoms with Gasteiger partial charge in [0.1, 0.15) is 23.3 Å². The van der Waals surface area contributed by atoms with E-state index in [2.05, 4.69) is 36.6 Å². The van der Waals surface area contributed by atoms with Crippen LogP contribution < -0.4 is 15.5 Å². The fourth-order valence-electron chi connectivity index (χ4n) is 3.39. The number of anilines is 4. The number of hydrogen-bond donors (Lipinski definition) is 2. The van der Waals surface area contributed by atoms with E-state index in [0.29, 0.717) is 0 Å². The molecule has 0 aliphatic carbocycles. The molecule has 0 saturated carbocycles. The highest BCUT2D eigenvalue weighted by Gasteiger charge is 2.12. The van der Waals surface area contributed by atoms with Gasteiger partial charge in [0.05, 0.1) is 0 Å². The molecule has 0 aliphatic rings. The number of pyridine rings is 4. The third kappa shape index (κ3) is 5.78. The molecule has 0 unspecified atom stereocenters. The Bertz CT molecular complexity index is 1060. The Hall–Kier alpha value is -4.00. The minimum absolute atomic E-state index is 0.727. The minimum atomic E-state index is 0.727. The molecule has 162 valence electrons. The lowest BCUT2D eigenvalue weighted by molar-refractivity contribution is 0.856. The molecule has 7 nitrogen and oxygen atoms in total. The second-order valence-corrected chi connectivity index (χ2v) is 7.23. The molecule has 0 bridgehead atoms. The lowest BCUT2D eigenvalue weighted by Gasteiger charge is -2.22. The van der Waals surface area contributed by atoms with Crippen LogP contribution in [0.3, 0.4) is 0 Å². The standard InChI is InChI=1S/C25H27N7/c1-26-22-10-6-8-20(30-22)14-18-27-23-11-7-9-21(31-23)15-19-32(24-12-2-4-16-28-24)25-13-3-5-17-29-25/h2-13,16-17H,14-15,18-19H2,1H3,(H,26,30)(H,27,31). The number of aromatic nitrogens is 4. The Morgan fingerprint density at radius 3 is 1.94 bits per heavy atom. The van der Waals surface area contributed by atoms with Crippen LogP contribution >= 0.6 is 0 Å². The van der Waals surface area contributed by atoms with Gasteiger partial charge in [-0.3, -0.25) is 0 Å². The van der Waals surface area contributed by atoms with Crippen molar-refractivity contribution in [1.29, 1.82) is 0 Å². The largest absolute Gasteiger partial charge is 0.373 e. The van der Waals surface area contributed by atoms with Crippen LogP contribution in [0.4, 0.5) is 23.3 Å². The van der Waals surface area contributed by atoms with Gasteiger partial charge in [-0.25, -0.2) is 19.9 Å². The van der Waals surface area contributed by atoms with Crippen molar-refractivity contribution in [1.82, 2.24) is 19.9 Å². The molecule has 0 aliphatic heterocycles. The maximum Gasteiger partial charge on any atom is 0.134 e. The maximum absolute atomic E-state index is 4.79. The quantitative estimate of drug-likeness (QED) is 0.391. The van der Waals surface area contributed by atoms with Gasteiger partial charge in [-0.1, -0.05) is 24.3 Å². The van der Waals surface area contributed by atoms with E-state index in [1.807, 2.05) is 73.8 Å². The summed E-state index contributed by atoms with van der Waals surface area (Å²) in [6.07, 6.45) is 5.20. The summed E-state index contributed by atoms with van der Waals surface area (Å²) in [7, 11) is 1.88. The Morgan fingerprint density at radius 1 is 0.688 bits per heavy atom. The van der Waals surface area contributed by atoms with Crippen molar-refractivity contribution in [3.05, 3.63) is 96.6 Å². The zero-order valence-electron chi connectivity index (χ0n) is 18.1. The van der Waals surface area contributed by atoms with Crippen molar-refractivity contribution in [2.75, 3.05) is 35.7 Å². The minimum Gasteiger partial charge on any atom is -0.373 e. The molecule has 4 heterocycles. The zero-order valence-corrected chi connectivity index (χ0v) is 18.1. The smallest absolute Gasteiger partial charge is 0.134 e. The van der Waals surface area contributed by atoms with Crippen molar-refractivity contribution < 1.29 is 0 Å². The van der Waals surface area contributed by atoms with Crippen LogP contribution in [-0.2, 0) is 12.8 Å². The molecular weight excluding hydrogens is 398 g/mol. The molecule has 0 saturated heterocycles. The van der Waals surface area contributed by atoms with Crippen LogP contribution in [-0.4, -0.2) is 40.1 Å². The number of nitrogens with one attached hydrogen (secondary N) is 2. The molecular formula is C25H27N7. The summed E-state index contributed by atoms with van der Waals surface area (Å²) >= 11 is 0. The number of rotatable bonds is 10. The Labute approximate surface area is 188 Å². The van der Waals surface area contributed by atoms with E-state index in [0.717, 1.165) is 60.6 Å². The molecule has 0 atom stereocenters. The predicted molar refractivity (Wildman–Crippen MR) is 129 cm³/mol. The van der Waals surface area contributed by atoms with Crippen LogP contribution in [0.25, 0.3) is 0 Å². The first kappa shape index (κ1) is 21.2. The molecule has 0 aromatic carbocycles. The van der Waals surface area contributed by atoms with Crippen LogP contribution in [0.15, 0.2) is 85.2 Å². The summed E-state index contributed by atoms with van der Waals surface area (Å²) in [6, 6.07) is 23.9. The highest BCUT2D eigenvalue weighted by molar-refractivity contribution is 5.55. The highest BCUT2D eigenvalue weighted by atomic mass is 15.2. The van der Waals surface area contributed by atoms with Crippen molar-refractivity contribution >= 4 is 23.3 Å². The zero-order chi connectivity index (χ0) is 22.0. The monoisotopic (exact) mass is 425 g/mol. The first-order valence-corrected chi connectivity index (χ1v) is 10.7. The van der Waals surface area contributed by atoms with Crippen molar-refractivity contribution in [2.45, 2.75) is 12.8 Å². The fourth-order valence-corrected chi connectivity index (χ4v) is 3.39. The third-order valence-electron chi connectivity index (χ3n) is 5.00. The van der Waals surface area contributed by atoms with Crippen LogP contribution in [0.1, 0.15) is 11.4 Å². The van der Waals surface area contributed by atoms with Gasteiger partial charge < -0.3 is 15.5 Å². The van der Waals surface area contributed by atoms with Gasteiger partial charge in [-0.2, -0.15) is 0 Å². The van der Waals surface area contributed by atoms with Gasteiger partial charge >= 0.3 is 0 Å². The van der Waals surface area contributed by atoms with Crippen LogP contribution in [0.5, 0.6) is 0 Å². The van der Waals surface area contributed by atoms with Crippen molar-refractivity contribution in [2.24, 2.45) is 0 Å². The van der Waals surface area contributed by atoms with Gasteiger partial charge in [0, 0.05) is 56.8 Å². The molecule has 7 heteroatoms. The number of hydrogen-bond acceptors (Lipinski definition) is 7. The Kier molecular flexibility index (Phi) is 7.21. The third-order valence-corrected chi connectivity index (χ3v) is 5.00. The lowest BCUT2D eigenvalue weighted by atomic mass is 10.2. The maximum atomic E-state index is 4.79. The summed E-state index contributed by atoms with van der Waals surface area (Å²) < 4.78 is 0. The van der Waals surface area contributed by atoms with Gasteiger partial charge in [0.15, 0.2) is 0 Å². The van der Waals surface area contributed by atoms with Gasteiger partial charge in [0.2, 0.25) is 0 Å². The van der Waals surface area contributed by atoms with Crippen LogP contribution in [0, 0.1) is 0 Å². The average Bonchev–Trinajstić information content (AvgIpc) is 2.86. The summed E-state index contributed by atoms with van der Waals surface area (Å²) in [5.41, 5.74) is 2.06. The Morgan fingerprint density at radius 2 is 1.31 bits per heavy atom. The van der Waals surface area contributed by atoms with Crippen molar-refractivity contribution in [3.8, 4) is 0 Å².